The molecule has 11 heteroatoms. The summed E-state index contributed by atoms with van der Waals surface area (Å²) in [5.74, 6) is 6.77. The number of carbonyl (C=O) groups excluding carboxylic acids is 2. The molecule has 5 N–H and O–H groups in total. The maximum Gasteiger partial charge on any atom is 0.252 e. The van der Waals surface area contributed by atoms with Crippen LogP contribution in [0, 0.1) is 23.7 Å². The molecule has 1 aliphatic carbocycles. The van der Waals surface area contributed by atoms with Gasteiger partial charge in [-0.1, -0.05) is 5.92 Å². The summed E-state index contributed by atoms with van der Waals surface area (Å²) in [6.07, 6.45) is 0.711. The van der Waals surface area contributed by atoms with E-state index in [1.165, 1.54) is 10.9 Å². The van der Waals surface area contributed by atoms with E-state index in [2.05, 4.69) is 32.1 Å². The van der Waals surface area contributed by atoms with Gasteiger partial charge in [0.15, 0.2) is 23.8 Å². The van der Waals surface area contributed by atoms with Crippen LogP contribution in [-0.2, 0) is 14.3 Å². The number of carbonyl (C=O) groups is 2. The maximum absolute atomic E-state index is 12.2. The SMILES string of the molecule is CCNC(=O)[C@H]1O[C@@H](n2cnc3c(N)nc(C#CCC4CCC(C(C)=O)CC4)nc32)C(O)[C@H]1O. The molecule has 0 aromatic carbocycles. The third-order valence-electron chi connectivity index (χ3n) is 6.58. The Morgan fingerprint density at radius 1 is 1.24 bits per heavy atom. The fourth-order valence-electron chi connectivity index (χ4n) is 4.61. The van der Waals surface area contributed by atoms with Gasteiger partial charge in [-0.2, -0.15) is 0 Å². The van der Waals surface area contributed by atoms with E-state index >= 15 is 0 Å². The van der Waals surface area contributed by atoms with Crippen molar-refractivity contribution < 1.29 is 24.5 Å². The third kappa shape index (κ3) is 4.75. The summed E-state index contributed by atoms with van der Waals surface area (Å²) in [5, 5.41) is 23.4. The van der Waals surface area contributed by atoms with Gasteiger partial charge in [0.2, 0.25) is 5.82 Å². The fraction of sp³-hybridized carbons (Fsp3) is 0.609. The molecule has 0 spiro atoms. The third-order valence-corrected chi connectivity index (χ3v) is 6.58. The van der Waals surface area contributed by atoms with Crippen molar-refractivity contribution >= 4 is 28.7 Å². The first-order chi connectivity index (χ1) is 16.3. The molecule has 0 bridgehead atoms. The van der Waals surface area contributed by atoms with E-state index in [1.54, 1.807) is 13.8 Å². The number of fused-ring (bicyclic) bond motifs is 1. The van der Waals surface area contributed by atoms with Crippen molar-refractivity contribution in [3.8, 4) is 11.8 Å². The van der Waals surface area contributed by atoms with Crippen LogP contribution in [0.2, 0.25) is 0 Å². The van der Waals surface area contributed by atoms with Gasteiger partial charge in [-0.25, -0.2) is 15.0 Å². The maximum atomic E-state index is 12.2. The number of nitrogens with zero attached hydrogens (tertiary/aromatic N) is 4. The van der Waals surface area contributed by atoms with Crippen LogP contribution < -0.4 is 11.1 Å². The zero-order valence-electron chi connectivity index (χ0n) is 19.3. The number of aromatic nitrogens is 4. The summed E-state index contributed by atoms with van der Waals surface area (Å²) in [5.41, 5.74) is 6.65. The molecular formula is C23H30N6O5. The normalized spacial score (nSPS) is 28.9. The number of hydrogen-bond donors (Lipinski definition) is 4. The molecule has 182 valence electrons. The van der Waals surface area contributed by atoms with Gasteiger partial charge in [0.05, 0.1) is 6.33 Å². The molecule has 3 heterocycles. The van der Waals surface area contributed by atoms with Crippen LogP contribution in [-0.4, -0.2) is 66.3 Å². The van der Waals surface area contributed by atoms with Crippen LogP contribution in [0.15, 0.2) is 6.33 Å². The lowest BCUT2D eigenvalue weighted by molar-refractivity contribution is -0.137. The first kappa shape index (κ1) is 24.1. The zero-order valence-corrected chi connectivity index (χ0v) is 19.3. The van der Waals surface area contributed by atoms with Gasteiger partial charge in [-0.05, 0) is 51.4 Å². The Bertz CT molecular complexity index is 1130. The molecule has 2 aliphatic rings. The topological polar surface area (TPSA) is 165 Å². The van der Waals surface area contributed by atoms with Gasteiger partial charge < -0.3 is 26.0 Å². The molecule has 34 heavy (non-hydrogen) atoms. The highest BCUT2D eigenvalue weighted by Gasteiger charge is 2.47. The van der Waals surface area contributed by atoms with Gasteiger partial charge in [0.25, 0.3) is 5.91 Å². The van der Waals surface area contributed by atoms with Gasteiger partial charge >= 0.3 is 0 Å². The average molecular weight is 471 g/mol. The molecule has 4 atom stereocenters. The lowest BCUT2D eigenvalue weighted by atomic mass is 9.79. The zero-order chi connectivity index (χ0) is 24.4. The van der Waals surface area contributed by atoms with Gasteiger partial charge in [0.1, 0.15) is 23.5 Å². The molecule has 2 aromatic heterocycles. The number of ketones is 1. The van der Waals surface area contributed by atoms with Gasteiger partial charge in [0, 0.05) is 18.9 Å². The highest BCUT2D eigenvalue weighted by molar-refractivity contribution is 5.83. The first-order valence-electron chi connectivity index (χ1n) is 11.6. The summed E-state index contributed by atoms with van der Waals surface area (Å²) in [7, 11) is 0. The molecule has 0 radical (unpaired) electrons. The highest BCUT2D eigenvalue weighted by Crippen LogP contribution is 2.33. The van der Waals surface area contributed by atoms with Crippen molar-refractivity contribution in [2.45, 2.75) is 70.5 Å². The summed E-state index contributed by atoms with van der Waals surface area (Å²) in [6.45, 7) is 3.77. The number of nitrogens with one attached hydrogen (secondary N) is 1. The van der Waals surface area contributed by atoms with Crippen molar-refractivity contribution in [2.24, 2.45) is 11.8 Å². The standard InChI is InChI=1S/C23H30N6O5/c1-3-25-22(33)19-17(31)18(32)23(34-19)29-11-26-16-20(24)27-15(28-21(16)29)6-4-5-13-7-9-14(10-8-13)12(2)30/h11,13-14,17-19,23,31-32H,3,5,7-10H2,1-2H3,(H,25,33)(H2,24,27,28)/t13?,14?,17-,18?,19+,23-/m1/s1. The predicted octanol–water partition coefficient (Wildman–Crippen LogP) is 0.301. The molecule has 2 fully saturated rings. The Kier molecular flexibility index (Phi) is 7.11. The molecule has 1 saturated carbocycles. The molecule has 2 aromatic rings. The number of rotatable bonds is 5. The fourth-order valence-corrected chi connectivity index (χ4v) is 4.61. The van der Waals surface area contributed by atoms with E-state index in [-0.39, 0.29) is 29.0 Å². The summed E-state index contributed by atoms with van der Waals surface area (Å²) in [6, 6.07) is 0. The molecular weight excluding hydrogens is 440 g/mol. The number of aliphatic hydroxyl groups excluding tert-OH is 2. The predicted molar refractivity (Wildman–Crippen MR) is 122 cm³/mol. The van der Waals surface area contributed by atoms with Crippen LogP contribution in [0.25, 0.3) is 11.2 Å². The minimum Gasteiger partial charge on any atom is -0.387 e. The second kappa shape index (κ2) is 10.0. The second-order valence-electron chi connectivity index (χ2n) is 8.91. The van der Waals surface area contributed by atoms with Gasteiger partial charge in [-0.15, -0.1) is 0 Å². The van der Waals surface area contributed by atoms with E-state index in [0.29, 0.717) is 24.4 Å². The number of likely N-dealkylation sites (N-methyl/N-ethyl adjacent to an activating group) is 1. The van der Waals surface area contributed by atoms with E-state index in [0.717, 1.165) is 25.7 Å². The van der Waals surface area contributed by atoms with Crippen molar-refractivity contribution in [3.05, 3.63) is 12.2 Å². The van der Waals surface area contributed by atoms with Crippen LogP contribution in [0.5, 0.6) is 0 Å². The van der Waals surface area contributed by atoms with E-state index in [9.17, 15) is 19.8 Å². The van der Waals surface area contributed by atoms with Crippen molar-refractivity contribution in [3.63, 3.8) is 0 Å². The Morgan fingerprint density at radius 3 is 2.65 bits per heavy atom. The van der Waals surface area contributed by atoms with Gasteiger partial charge in [-0.3, -0.25) is 14.2 Å². The number of amides is 1. The van der Waals surface area contributed by atoms with Crippen LogP contribution in [0.4, 0.5) is 5.82 Å². The summed E-state index contributed by atoms with van der Waals surface area (Å²) in [4.78, 5) is 36.6. The van der Waals surface area contributed by atoms with E-state index < -0.39 is 30.4 Å². The molecule has 4 rings (SSSR count). The quantitative estimate of drug-likeness (QED) is 0.450. The lowest BCUT2D eigenvalue weighted by Gasteiger charge is -2.25. The molecule has 11 nitrogen and oxygen atoms in total. The Morgan fingerprint density at radius 2 is 1.97 bits per heavy atom. The Labute approximate surface area is 197 Å². The molecule has 1 amide bonds. The lowest BCUT2D eigenvalue weighted by Crippen LogP contribution is -2.42. The van der Waals surface area contributed by atoms with E-state index in [1.807, 2.05) is 0 Å². The number of anilines is 1. The minimum absolute atomic E-state index is 0.128. The number of aliphatic hydroxyl groups is 2. The van der Waals surface area contributed by atoms with E-state index in [4.69, 9.17) is 10.5 Å². The number of imidazole rings is 1. The first-order valence-corrected chi connectivity index (χ1v) is 11.6. The number of nitrogen functional groups attached to an aromatic ring is 1. The Hall–Kier alpha value is -3.07. The highest BCUT2D eigenvalue weighted by atomic mass is 16.6. The number of Topliss-reactive ketones (excluding diaryl/α,β-unsaturated/α-hetero) is 1. The Balaban J connectivity index is 1.52. The monoisotopic (exact) mass is 470 g/mol. The minimum atomic E-state index is -1.41. The summed E-state index contributed by atoms with van der Waals surface area (Å²) >= 11 is 0. The number of hydrogen-bond acceptors (Lipinski definition) is 9. The molecule has 1 aliphatic heterocycles. The molecule has 1 saturated heterocycles. The second-order valence-corrected chi connectivity index (χ2v) is 8.91. The smallest absolute Gasteiger partial charge is 0.252 e. The number of nitrogens with two attached hydrogens (primary N) is 1. The van der Waals surface area contributed by atoms with Crippen molar-refractivity contribution in [1.82, 2.24) is 24.8 Å². The summed E-state index contributed by atoms with van der Waals surface area (Å²) < 4.78 is 7.09. The molecule has 1 unspecified atom stereocenters. The van der Waals surface area contributed by atoms with Crippen molar-refractivity contribution in [2.75, 3.05) is 12.3 Å². The van der Waals surface area contributed by atoms with Crippen molar-refractivity contribution in [1.29, 1.82) is 0 Å². The van der Waals surface area contributed by atoms with Crippen LogP contribution in [0.3, 0.4) is 0 Å². The largest absolute Gasteiger partial charge is 0.387 e. The average Bonchev–Trinajstić information content (AvgIpc) is 3.36. The number of ether oxygens (including phenoxy) is 1. The van der Waals surface area contributed by atoms with Crippen LogP contribution >= 0.6 is 0 Å². The van der Waals surface area contributed by atoms with Crippen LogP contribution in [0.1, 0.15) is 58.0 Å².